The van der Waals surface area contributed by atoms with Gasteiger partial charge in [-0.3, -0.25) is 15.0 Å². The highest BCUT2D eigenvalue weighted by Gasteiger charge is 2.36. The largest absolute Gasteiger partial charge is 0.469 e. The van der Waals surface area contributed by atoms with Crippen LogP contribution in [0.4, 0.5) is 0 Å². The average Bonchev–Trinajstić information content (AvgIpc) is 2.57. The van der Waals surface area contributed by atoms with Crippen LogP contribution in [0.15, 0.2) is 28.7 Å². The predicted molar refractivity (Wildman–Crippen MR) is 99.9 cm³/mol. The fourth-order valence-corrected chi connectivity index (χ4v) is 2.81. The van der Waals surface area contributed by atoms with Crippen LogP contribution in [-0.4, -0.2) is 39.2 Å². The Balaban J connectivity index is 2.82. The highest BCUT2D eigenvalue weighted by atomic mass is 79.9. The highest BCUT2D eigenvalue weighted by molar-refractivity contribution is 9.10. The normalized spacial score (nSPS) is 13.8. The predicted octanol–water partition coefficient (Wildman–Crippen LogP) is 2.56. The van der Waals surface area contributed by atoms with Crippen molar-refractivity contribution in [3.63, 3.8) is 0 Å². The molecule has 0 heterocycles. The van der Waals surface area contributed by atoms with Crippen LogP contribution < -0.4 is 10.9 Å². The van der Waals surface area contributed by atoms with Gasteiger partial charge in [0.1, 0.15) is 0 Å². The van der Waals surface area contributed by atoms with Gasteiger partial charge in [-0.05, 0) is 44.9 Å². The van der Waals surface area contributed by atoms with Crippen molar-refractivity contribution in [2.45, 2.75) is 32.6 Å². The first-order valence-electron chi connectivity index (χ1n) is 8.07. The van der Waals surface area contributed by atoms with Crippen molar-refractivity contribution < 1.29 is 19.1 Å². The van der Waals surface area contributed by atoms with E-state index in [2.05, 4.69) is 26.8 Å². The first kappa shape index (κ1) is 21.6. The lowest BCUT2D eigenvalue weighted by Gasteiger charge is -2.29. The quantitative estimate of drug-likeness (QED) is 0.368. The van der Waals surface area contributed by atoms with Crippen LogP contribution in [0.1, 0.15) is 32.8 Å². The molecule has 2 N–H and O–H groups in total. The van der Waals surface area contributed by atoms with E-state index in [0.717, 1.165) is 10.0 Å². The Kier molecular flexibility index (Phi) is 8.05. The van der Waals surface area contributed by atoms with Gasteiger partial charge in [-0.25, -0.2) is 5.43 Å². The van der Waals surface area contributed by atoms with Crippen LogP contribution in [-0.2, 0) is 24.5 Å². The molecule has 1 unspecified atom stereocenters. The number of hydrogen-bond donors (Lipinski definition) is 2. The Hall–Kier alpha value is -1.44. The zero-order chi connectivity index (χ0) is 19.1. The molecule has 1 aromatic carbocycles. The summed E-state index contributed by atoms with van der Waals surface area (Å²) in [5, 5.41) is 0. The third kappa shape index (κ3) is 5.80. The first-order chi connectivity index (χ1) is 11.7. The molecule has 0 aliphatic rings. The molecule has 25 heavy (non-hydrogen) atoms. The second kappa shape index (κ2) is 9.31. The summed E-state index contributed by atoms with van der Waals surface area (Å²) in [5.41, 5.74) is 4.71. The lowest BCUT2D eigenvalue weighted by atomic mass is 9.79. The molecule has 6 nitrogen and oxygen atoms in total. The van der Waals surface area contributed by atoms with Crippen molar-refractivity contribution in [3.8, 4) is 0 Å². The molecule has 0 radical (unpaired) electrons. The van der Waals surface area contributed by atoms with E-state index in [1.165, 1.54) is 7.11 Å². The number of hydrazine groups is 1. The van der Waals surface area contributed by atoms with E-state index in [1.807, 2.05) is 31.2 Å². The van der Waals surface area contributed by atoms with Crippen molar-refractivity contribution in [2.75, 3.05) is 27.4 Å². The highest BCUT2D eigenvalue weighted by Crippen LogP contribution is 2.30. The zero-order valence-electron chi connectivity index (χ0n) is 15.4. The molecule has 140 valence electrons. The molecule has 0 fully saturated rings. The van der Waals surface area contributed by atoms with Crippen LogP contribution in [0.2, 0.25) is 0 Å². The van der Waals surface area contributed by atoms with Crippen LogP contribution >= 0.6 is 15.9 Å². The van der Waals surface area contributed by atoms with Crippen molar-refractivity contribution >= 4 is 27.8 Å². The average molecular weight is 415 g/mol. The summed E-state index contributed by atoms with van der Waals surface area (Å²) in [6, 6.07) is 7.65. The Labute approximate surface area is 157 Å². The molecule has 1 rings (SSSR count). The second-order valence-corrected chi connectivity index (χ2v) is 7.64. The molecular formula is C18H27BrN2O4. The Morgan fingerprint density at radius 1 is 1.24 bits per heavy atom. The number of benzene rings is 1. The van der Waals surface area contributed by atoms with Crippen molar-refractivity contribution in [1.82, 2.24) is 10.9 Å². The fourth-order valence-electron chi connectivity index (χ4n) is 2.41. The molecule has 0 saturated heterocycles. The van der Waals surface area contributed by atoms with Gasteiger partial charge in [-0.1, -0.05) is 28.1 Å². The summed E-state index contributed by atoms with van der Waals surface area (Å²) in [5.74, 6) is -0.473. The molecule has 0 saturated carbocycles. The number of amides is 1. The lowest BCUT2D eigenvalue weighted by Crippen LogP contribution is -2.47. The summed E-state index contributed by atoms with van der Waals surface area (Å²) in [4.78, 5) is 24.3. The number of halogens is 1. The van der Waals surface area contributed by atoms with E-state index in [9.17, 15) is 9.59 Å². The number of hydrogen-bond acceptors (Lipinski definition) is 5. The maximum Gasteiger partial charge on any atom is 0.313 e. The molecular weight excluding hydrogens is 388 g/mol. The van der Waals surface area contributed by atoms with Crippen molar-refractivity contribution in [1.29, 1.82) is 0 Å². The van der Waals surface area contributed by atoms with Crippen molar-refractivity contribution in [2.24, 2.45) is 5.41 Å². The first-order valence-corrected chi connectivity index (χ1v) is 8.86. The van der Waals surface area contributed by atoms with Gasteiger partial charge in [0.05, 0.1) is 24.5 Å². The molecule has 0 aromatic heterocycles. The topological polar surface area (TPSA) is 76.7 Å². The minimum atomic E-state index is -0.776. The molecule has 1 amide bonds. The van der Waals surface area contributed by atoms with E-state index >= 15 is 0 Å². The smallest absolute Gasteiger partial charge is 0.313 e. The fraction of sp³-hybridized carbons (Fsp3) is 0.556. The Bertz CT molecular complexity index is 606. The Morgan fingerprint density at radius 2 is 1.92 bits per heavy atom. The number of carbonyl (C=O) groups is 2. The number of rotatable bonds is 9. The Morgan fingerprint density at radius 3 is 2.48 bits per heavy atom. The van der Waals surface area contributed by atoms with E-state index in [-0.39, 0.29) is 18.5 Å². The summed E-state index contributed by atoms with van der Waals surface area (Å²) >= 11 is 3.44. The van der Waals surface area contributed by atoms with E-state index < -0.39 is 10.8 Å². The van der Waals surface area contributed by atoms with Gasteiger partial charge in [0.2, 0.25) is 5.91 Å². The maximum atomic E-state index is 12.6. The van der Waals surface area contributed by atoms with E-state index in [1.54, 1.807) is 20.9 Å². The van der Waals surface area contributed by atoms with Crippen LogP contribution in [0.25, 0.3) is 0 Å². The molecule has 1 aromatic rings. The summed E-state index contributed by atoms with van der Waals surface area (Å²) in [7, 11) is 3.01. The summed E-state index contributed by atoms with van der Waals surface area (Å²) in [6.45, 7) is 5.96. The molecule has 0 aliphatic heterocycles. The zero-order valence-corrected chi connectivity index (χ0v) is 17.0. The van der Waals surface area contributed by atoms with Gasteiger partial charge in [0, 0.05) is 18.1 Å². The van der Waals surface area contributed by atoms with Crippen LogP contribution in [0.5, 0.6) is 0 Å². The molecule has 7 heteroatoms. The maximum absolute atomic E-state index is 12.6. The molecule has 1 atom stereocenters. The third-order valence-corrected chi connectivity index (χ3v) is 4.64. The van der Waals surface area contributed by atoms with Gasteiger partial charge in [-0.2, -0.15) is 0 Å². The lowest BCUT2D eigenvalue weighted by molar-refractivity contribution is -0.154. The second-order valence-electron chi connectivity index (χ2n) is 6.72. The minimum absolute atomic E-state index is 0.149. The van der Waals surface area contributed by atoms with Crippen LogP contribution in [0, 0.1) is 5.41 Å². The summed E-state index contributed by atoms with van der Waals surface area (Å²) < 4.78 is 11.4. The number of methoxy groups -OCH3 is 1. The molecule has 0 bridgehead atoms. The minimum Gasteiger partial charge on any atom is -0.469 e. The molecule has 0 aliphatic carbocycles. The van der Waals surface area contributed by atoms with Crippen molar-refractivity contribution in [3.05, 3.63) is 34.3 Å². The van der Waals surface area contributed by atoms with E-state index in [0.29, 0.717) is 13.0 Å². The summed E-state index contributed by atoms with van der Waals surface area (Å²) in [6.07, 6.45) is 0.466. The van der Waals surface area contributed by atoms with Gasteiger partial charge < -0.3 is 9.47 Å². The van der Waals surface area contributed by atoms with Gasteiger partial charge in [0.15, 0.2) is 0 Å². The SMILES string of the molecule is CNNC(=O)C(C)(CCOCC(C)(C)C(=O)OC)c1cccc(Br)c1. The number of carbonyl (C=O) groups excluding carboxylic acids is 2. The van der Waals surface area contributed by atoms with Gasteiger partial charge >= 0.3 is 5.97 Å². The number of ether oxygens (including phenoxy) is 2. The standard InChI is InChI=1S/C18H27BrN2O4/c1-17(2,16(23)24-5)12-25-10-9-18(3,15(22)21-20-4)13-7-6-8-14(19)11-13/h6-8,11,20H,9-10,12H2,1-5H3,(H,21,22). The molecule has 0 spiro atoms. The number of esters is 1. The number of nitrogens with one attached hydrogen (secondary N) is 2. The van der Waals surface area contributed by atoms with E-state index in [4.69, 9.17) is 9.47 Å². The van der Waals surface area contributed by atoms with Gasteiger partial charge in [-0.15, -0.1) is 0 Å². The monoisotopic (exact) mass is 414 g/mol. The third-order valence-electron chi connectivity index (χ3n) is 4.15. The van der Waals surface area contributed by atoms with Crippen LogP contribution in [0.3, 0.4) is 0 Å². The van der Waals surface area contributed by atoms with Gasteiger partial charge in [0.25, 0.3) is 0 Å².